The molecule has 0 spiro atoms. The summed E-state index contributed by atoms with van der Waals surface area (Å²) in [6.45, 7) is 6.42. The average molecular weight is 364 g/mol. The molecule has 0 saturated carbocycles. The third-order valence-electron chi connectivity index (χ3n) is 3.89. The molecule has 8 heteroatoms. The predicted octanol–water partition coefficient (Wildman–Crippen LogP) is 2.27. The molecule has 3 heterocycles. The van der Waals surface area contributed by atoms with Gasteiger partial charge in [-0.1, -0.05) is 0 Å². The van der Waals surface area contributed by atoms with Crippen LogP contribution < -0.4 is 5.32 Å². The summed E-state index contributed by atoms with van der Waals surface area (Å²) in [6.07, 6.45) is 2.47. The van der Waals surface area contributed by atoms with E-state index < -0.39 is 0 Å². The number of carbonyl (C=O) groups is 1. The van der Waals surface area contributed by atoms with Crippen molar-refractivity contribution in [3.8, 4) is 0 Å². The second-order valence-electron chi connectivity index (χ2n) is 5.71. The van der Waals surface area contributed by atoms with Crippen LogP contribution in [-0.2, 0) is 6.54 Å². The second kappa shape index (κ2) is 7.87. The molecule has 1 saturated heterocycles. The Morgan fingerprint density at radius 1 is 1.42 bits per heavy atom. The van der Waals surface area contributed by atoms with Gasteiger partial charge in [0.25, 0.3) is 5.91 Å². The molecule has 1 fully saturated rings. The zero-order valence-electron chi connectivity index (χ0n) is 13.5. The van der Waals surface area contributed by atoms with Crippen molar-refractivity contribution in [3.63, 3.8) is 0 Å². The van der Waals surface area contributed by atoms with Crippen LogP contribution in [0.25, 0.3) is 0 Å². The van der Waals surface area contributed by atoms with Crippen LogP contribution in [0.2, 0.25) is 0 Å². The molecule has 24 heavy (non-hydrogen) atoms. The van der Waals surface area contributed by atoms with Crippen LogP contribution >= 0.6 is 23.6 Å². The number of aromatic nitrogens is 1. The van der Waals surface area contributed by atoms with Crippen molar-refractivity contribution in [1.82, 2.24) is 20.1 Å². The van der Waals surface area contributed by atoms with Gasteiger partial charge in [-0.25, -0.2) is 4.98 Å². The maximum Gasteiger partial charge on any atom is 0.293 e. The Morgan fingerprint density at radius 3 is 3.00 bits per heavy atom. The Morgan fingerprint density at radius 2 is 2.29 bits per heavy atom. The quantitative estimate of drug-likeness (QED) is 0.843. The van der Waals surface area contributed by atoms with E-state index in [1.54, 1.807) is 23.5 Å². The topological polar surface area (TPSA) is 61.6 Å². The van der Waals surface area contributed by atoms with Crippen molar-refractivity contribution in [1.29, 1.82) is 0 Å². The average Bonchev–Trinajstić information content (AvgIpc) is 3.16. The highest BCUT2D eigenvalue weighted by Gasteiger charge is 2.20. The van der Waals surface area contributed by atoms with Crippen molar-refractivity contribution in [2.75, 3.05) is 26.2 Å². The van der Waals surface area contributed by atoms with E-state index >= 15 is 0 Å². The molecule has 0 bridgehead atoms. The van der Waals surface area contributed by atoms with Crippen molar-refractivity contribution in [2.45, 2.75) is 19.9 Å². The molecule has 128 valence electrons. The van der Waals surface area contributed by atoms with Gasteiger partial charge >= 0.3 is 0 Å². The molecule has 0 radical (unpaired) electrons. The van der Waals surface area contributed by atoms with Gasteiger partial charge in [0, 0.05) is 38.1 Å². The normalized spacial score (nSPS) is 16.0. The SMILES string of the molecule is Cc1nc(CN2CCCN(C(=S)NC(=O)c3ccco3)CC2)cs1. The minimum absolute atomic E-state index is 0.271. The van der Waals surface area contributed by atoms with Gasteiger partial charge in [-0.15, -0.1) is 11.3 Å². The first-order valence-electron chi connectivity index (χ1n) is 7.89. The molecule has 0 atom stereocenters. The molecule has 0 unspecified atom stereocenters. The number of thiazole rings is 1. The Balaban J connectivity index is 1.51. The van der Waals surface area contributed by atoms with Gasteiger partial charge < -0.3 is 9.32 Å². The van der Waals surface area contributed by atoms with E-state index in [1.807, 2.05) is 11.8 Å². The molecule has 3 rings (SSSR count). The lowest BCUT2D eigenvalue weighted by Crippen LogP contribution is -2.44. The Kier molecular flexibility index (Phi) is 5.60. The molecular formula is C16H20N4O2S2. The molecule has 1 aliphatic heterocycles. The number of hydrogen-bond acceptors (Lipinski definition) is 6. The molecule has 0 aliphatic carbocycles. The highest BCUT2D eigenvalue weighted by atomic mass is 32.1. The van der Waals surface area contributed by atoms with Gasteiger partial charge in [-0.2, -0.15) is 0 Å². The van der Waals surface area contributed by atoms with Gasteiger partial charge in [-0.3, -0.25) is 15.0 Å². The van der Waals surface area contributed by atoms with E-state index in [-0.39, 0.29) is 11.7 Å². The zero-order chi connectivity index (χ0) is 16.9. The second-order valence-corrected chi connectivity index (χ2v) is 7.16. The monoisotopic (exact) mass is 364 g/mol. The lowest BCUT2D eigenvalue weighted by atomic mass is 10.3. The summed E-state index contributed by atoms with van der Waals surface area (Å²) < 4.78 is 5.09. The van der Waals surface area contributed by atoms with E-state index in [9.17, 15) is 4.79 Å². The molecule has 1 amide bonds. The fourth-order valence-electron chi connectivity index (χ4n) is 2.69. The molecule has 1 aliphatic rings. The number of rotatable bonds is 3. The number of thiocarbonyl (C=S) groups is 1. The van der Waals surface area contributed by atoms with Gasteiger partial charge in [0.15, 0.2) is 10.9 Å². The third-order valence-corrected chi connectivity index (χ3v) is 5.08. The van der Waals surface area contributed by atoms with Crippen LogP contribution in [0.5, 0.6) is 0 Å². The first kappa shape index (κ1) is 17.1. The molecule has 6 nitrogen and oxygen atoms in total. The van der Waals surface area contributed by atoms with Crippen LogP contribution in [0, 0.1) is 6.92 Å². The van der Waals surface area contributed by atoms with Gasteiger partial charge in [-0.05, 0) is 37.7 Å². The molecule has 0 aromatic carbocycles. The van der Waals surface area contributed by atoms with E-state index in [0.29, 0.717) is 5.11 Å². The third kappa shape index (κ3) is 4.40. The number of nitrogens with one attached hydrogen (secondary N) is 1. The standard InChI is InChI=1S/C16H20N4O2S2/c1-12-17-13(11-24-12)10-19-5-3-6-20(8-7-19)16(23)18-15(21)14-4-2-9-22-14/h2,4,9,11H,3,5-8,10H2,1H3,(H,18,21,23). The first-order chi connectivity index (χ1) is 11.6. The number of carbonyl (C=O) groups excluding carboxylic acids is 1. The van der Waals surface area contributed by atoms with Crippen molar-refractivity contribution >= 4 is 34.6 Å². The van der Waals surface area contributed by atoms with Crippen molar-refractivity contribution in [3.05, 3.63) is 40.2 Å². The number of amides is 1. The number of hydrogen-bond donors (Lipinski definition) is 1. The highest BCUT2D eigenvalue weighted by Crippen LogP contribution is 2.12. The van der Waals surface area contributed by atoms with Crippen LogP contribution in [0.15, 0.2) is 28.2 Å². The largest absolute Gasteiger partial charge is 0.459 e. The van der Waals surface area contributed by atoms with Crippen LogP contribution in [0.1, 0.15) is 27.7 Å². The first-order valence-corrected chi connectivity index (χ1v) is 9.18. The van der Waals surface area contributed by atoms with Gasteiger partial charge in [0.05, 0.1) is 17.0 Å². The van der Waals surface area contributed by atoms with Crippen LogP contribution in [0.4, 0.5) is 0 Å². The number of nitrogens with zero attached hydrogens (tertiary/aromatic N) is 3. The van der Waals surface area contributed by atoms with E-state index in [0.717, 1.165) is 49.8 Å². The van der Waals surface area contributed by atoms with E-state index in [1.165, 1.54) is 6.26 Å². The minimum Gasteiger partial charge on any atom is -0.459 e. The van der Waals surface area contributed by atoms with Gasteiger partial charge in [0.2, 0.25) is 0 Å². The summed E-state index contributed by atoms with van der Waals surface area (Å²) in [5.74, 6) is -0.0308. The summed E-state index contributed by atoms with van der Waals surface area (Å²) in [7, 11) is 0. The van der Waals surface area contributed by atoms with Gasteiger partial charge in [0.1, 0.15) is 0 Å². The molecule has 2 aromatic heterocycles. The summed E-state index contributed by atoms with van der Waals surface area (Å²) in [5.41, 5.74) is 1.12. The fourth-order valence-corrected chi connectivity index (χ4v) is 3.57. The zero-order valence-corrected chi connectivity index (χ0v) is 15.2. The molecule has 2 aromatic rings. The summed E-state index contributed by atoms with van der Waals surface area (Å²) in [4.78, 5) is 21.0. The maximum absolute atomic E-state index is 12.0. The maximum atomic E-state index is 12.0. The highest BCUT2D eigenvalue weighted by molar-refractivity contribution is 7.80. The predicted molar refractivity (Wildman–Crippen MR) is 97.1 cm³/mol. The van der Waals surface area contributed by atoms with E-state index in [4.69, 9.17) is 16.6 Å². The molecule has 1 N–H and O–H groups in total. The minimum atomic E-state index is -0.302. The lowest BCUT2D eigenvalue weighted by molar-refractivity contribution is 0.0946. The summed E-state index contributed by atoms with van der Waals surface area (Å²) in [6, 6.07) is 3.31. The van der Waals surface area contributed by atoms with E-state index in [2.05, 4.69) is 20.6 Å². The number of aryl methyl sites for hydroxylation is 1. The fraction of sp³-hybridized carbons (Fsp3) is 0.438. The van der Waals surface area contributed by atoms with Crippen molar-refractivity contribution < 1.29 is 9.21 Å². The Bertz CT molecular complexity index is 699. The van der Waals surface area contributed by atoms with Crippen molar-refractivity contribution in [2.24, 2.45) is 0 Å². The Hall–Kier alpha value is -1.77. The lowest BCUT2D eigenvalue weighted by Gasteiger charge is -2.23. The number of furan rings is 1. The summed E-state index contributed by atoms with van der Waals surface area (Å²) >= 11 is 7.06. The van der Waals surface area contributed by atoms with Crippen LogP contribution in [0.3, 0.4) is 0 Å². The Labute approximate surface area is 150 Å². The molecular weight excluding hydrogens is 344 g/mol. The smallest absolute Gasteiger partial charge is 0.293 e. The summed E-state index contributed by atoms with van der Waals surface area (Å²) in [5, 5.41) is 6.42. The van der Waals surface area contributed by atoms with Crippen LogP contribution in [-0.4, -0.2) is 52.0 Å².